The van der Waals surface area contributed by atoms with Crippen LogP contribution in [-0.4, -0.2) is 45.4 Å². The van der Waals surface area contributed by atoms with E-state index < -0.39 is 0 Å². The van der Waals surface area contributed by atoms with Gasteiger partial charge in [-0.3, -0.25) is 19.7 Å². The molecule has 1 spiro atoms. The average molecular weight is 380 g/mol. The van der Waals surface area contributed by atoms with Gasteiger partial charge in [0, 0.05) is 54.7 Å². The van der Waals surface area contributed by atoms with Crippen LogP contribution in [0.15, 0.2) is 24.5 Å². The van der Waals surface area contributed by atoms with E-state index in [1.54, 1.807) is 12.4 Å². The van der Waals surface area contributed by atoms with Crippen molar-refractivity contribution in [1.29, 1.82) is 0 Å². The van der Waals surface area contributed by atoms with Crippen molar-refractivity contribution in [3.8, 4) is 0 Å². The van der Waals surface area contributed by atoms with Gasteiger partial charge in [0.15, 0.2) is 0 Å². The van der Waals surface area contributed by atoms with Crippen LogP contribution in [0, 0.1) is 26.2 Å². The van der Waals surface area contributed by atoms with Crippen LogP contribution in [0.5, 0.6) is 0 Å². The third-order valence-corrected chi connectivity index (χ3v) is 6.03. The standard InChI is InChI=1S/C22H29N5O/c1-16-9-20(10-17(2)25-16)26-8-4-6-22(14-26)7-5-21(28)27(15-22)13-19-12-23-18(3)11-24-19/h9-12H,4-8,13-15H2,1-3H3. The summed E-state index contributed by atoms with van der Waals surface area (Å²) >= 11 is 0. The molecule has 2 aliphatic heterocycles. The van der Waals surface area contributed by atoms with Gasteiger partial charge in [0.05, 0.1) is 24.1 Å². The average Bonchev–Trinajstić information content (AvgIpc) is 2.66. The molecule has 148 valence electrons. The maximum absolute atomic E-state index is 12.6. The molecular formula is C22H29N5O. The summed E-state index contributed by atoms with van der Waals surface area (Å²) in [4.78, 5) is 30.4. The monoisotopic (exact) mass is 379 g/mol. The Hall–Kier alpha value is -2.50. The summed E-state index contributed by atoms with van der Waals surface area (Å²) < 4.78 is 0. The topological polar surface area (TPSA) is 62.2 Å². The minimum absolute atomic E-state index is 0.162. The highest BCUT2D eigenvalue weighted by Crippen LogP contribution is 2.40. The summed E-state index contributed by atoms with van der Waals surface area (Å²) in [7, 11) is 0. The molecule has 2 fully saturated rings. The van der Waals surface area contributed by atoms with Gasteiger partial charge in [-0.1, -0.05) is 0 Å². The molecule has 4 rings (SSSR count). The second-order valence-electron chi connectivity index (χ2n) is 8.53. The van der Waals surface area contributed by atoms with Crippen molar-refractivity contribution in [2.45, 2.75) is 53.0 Å². The molecule has 1 atom stereocenters. The zero-order valence-corrected chi connectivity index (χ0v) is 17.1. The number of carbonyl (C=O) groups is 1. The highest BCUT2D eigenvalue weighted by molar-refractivity contribution is 5.77. The summed E-state index contributed by atoms with van der Waals surface area (Å²) in [6, 6.07) is 4.36. The largest absolute Gasteiger partial charge is 0.371 e. The molecule has 0 saturated carbocycles. The van der Waals surface area contributed by atoms with Crippen LogP contribution in [-0.2, 0) is 11.3 Å². The number of amides is 1. The van der Waals surface area contributed by atoms with Crippen LogP contribution in [0.25, 0.3) is 0 Å². The molecular weight excluding hydrogens is 350 g/mol. The van der Waals surface area contributed by atoms with Gasteiger partial charge in [0.2, 0.25) is 5.91 Å². The van der Waals surface area contributed by atoms with E-state index in [4.69, 9.17) is 0 Å². The lowest BCUT2D eigenvalue weighted by Crippen LogP contribution is -2.54. The number of hydrogen-bond donors (Lipinski definition) is 0. The van der Waals surface area contributed by atoms with Crippen molar-refractivity contribution in [2.24, 2.45) is 5.41 Å². The fourth-order valence-corrected chi connectivity index (χ4v) is 4.70. The maximum Gasteiger partial charge on any atom is 0.222 e. The van der Waals surface area contributed by atoms with Gasteiger partial charge >= 0.3 is 0 Å². The molecule has 0 bridgehead atoms. The third kappa shape index (κ3) is 4.01. The van der Waals surface area contributed by atoms with Crippen molar-refractivity contribution in [3.05, 3.63) is 47.3 Å². The van der Waals surface area contributed by atoms with E-state index in [9.17, 15) is 4.79 Å². The van der Waals surface area contributed by atoms with Crippen molar-refractivity contribution in [2.75, 3.05) is 24.5 Å². The first-order chi connectivity index (χ1) is 13.4. The molecule has 6 heteroatoms. The fourth-order valence-electron chi connectivity index (χ4n) is 4.70. The number of aryl methyl sites for hydroxylation is 3. The lowest BCUT2D eigenvalue weighted by Gasteiger charge is -2.49. The van der Waals surface area contributed by atoms with E-state index in [1.165, 1.54) is 12.1 Å². The van der Waals surface area contributed by atoms with Crippen LogP contribution in [0.1, 0.15) is 48.5 Å². The first-order valence-electron chi connectivity index (χ1n) is 10.2. The quantitative estimate of drug-likeness (QED) is 0.819. The number of rotatable bonds is 3. The molecule has 0 N–H and O–H groups in total. The van der Waals surface area contributed by atoms with Crippen molar-refractivity contribution in [1.82, 2.24) is 19.9 Å². The van der Waals surface area contributed by atoms with Crippen molar-refractivity contribution < 1.29 is 4.79 Å². The summed E-state index contributed by atoms with van der Waals surface area (Å²) in [6.07, 6.45) is 7.50. The number of aromatic nitrogens is 3. The van der Waals surface area contributed by atoms with Crippen LogP contribution in [0.4, 0.5) is 5.69 Å². The molecule has 0 aromatic carbocycles. The number of hydrogen-bond acceptors (Lipinski definition) is 5. The zero-order valence-electron chi connectivity index (χ0n) is 17.1. The minimum atomic E-state index is 0.162. The van der Waals surface area contributed by atoms with Crippen LogP contribution in [0.3, 0.4) is 0 Å². The van der Waals surface area contributed by atoms with E-state index >= 15 is 0 Å². The zero-order chi connectivity index (χ0) is 19.7. The fraction of sp³-hybridized carbons (Fsp3) is 0.545. The van der Waals surface area contributed by atoms with Crippen molar-refractivity contribution in [3.63, 3.8) is 0 Å². The first-order valence-corrected chi connectivity index (χ1v) is 10.2. The molecule has 0 aliphatic carbocycles. The van der Waals surface area contributed by atoms with E-state index in [0.717, 1.165) is 55.3 Å². The predicted molar refractivity (Wildman–Crippen MR) is 109 cm³/mol. The van der Waals surface area contributed by atoms with E-state index in [0.29, 0.717) is 13.0 Å². The maximum atomic E-state index is 12.6. The molecule has 4 heterocycles. The molecule has 6 nitrogen and oxygen atoms in total. The predicted octanol–water partition coefficient (Wildman–Crippen LogP) is 3.21. The van der Waals surface area contributed by atoms with Gasteiger partial charge in [-0.2, -0.15) is 0 Å². The van der Waals surface area contributed by atoms with Crippen LogP contribution in [0.2, 0.25) is 0 Å². The highest BCUT2D eigenvalue weighted by atomic mass is 16.2. The molecule has 0 radical (unpaired) electrons. The Morgan fingerprint density at radius 3 is 2.50 bits per heavy atom. The molecule has 28 heavy (non-hydrogen) atoms. The number of anilines is 1. The molecule has 2 aliphatic rings. The number of likely N-dealkylation sites (tertiary alicyclic amines) is 1. The minimum Gasteiger partial charge on any atom is -0.371 e. The second-order valence-corrected chi connectivity index (χ2v) is 8.53. The van der Waals surface area contributed by atoms with Crippen LogP contribution >= 0.6 is 0 Å². The van der Waals surface area contributed by atoms with Gasteiger partial charge in [-0.25, -0.2) is 0 Å². The van der Waals surface area contributed by atoms with E-state index in [-0.39, 0.29) is 11.3 Å². The molecule has 1 unspecified atom stereocenters. The summed E-state index contributed by atoms with van der Waals surface area (Å²) in [6.45, 7) is 9.47. The SMILES string of the molecule is Cc1cnc(CN2CC3(CCCN(c4cc(C)nc(C)c4)C3)CCC2=O)cn1. The van der Waals surface area contributed by atoms with Gasteiger partial charge in [-0.05, 0) is 52.2 Å². The Balaban J connectivity index is 1.51. The lowest BCUT2D eigenvalue weighted by atomic mass is 9.73. The number of piperidine rings is 2. The molecule has 1 amide bonds. The number of nitrogens with zero attached hydrogens (tertiary/aromatic N) is 5. The smallest absolute Gasteiger partial charge is 0.222 e. The lowest BCUT2D eigenvalue weighted by molar-refractivity contribution is -0.138. The Morgan fingerprint density at radius 1 is 1.00 bits per heavy atom. The third-order valence-electron chi connectivity index (χ3n) is 6.03. The van der Waals surface area contributed by atoms with E-state index in [1.807, 2.05) is 11.8 Å². The molecule has 2 aromatic heterocycles. The number of carbonyl (C=O) groups excluding carboxylic acids is 1. The summed E-state index contributed by atoms with van der Waals surface area (Å²) in [5.41, 5.74) is 5.31. The van der Waals surface area contributed by atoms with Crippen molar-refractivity contribution >= 4 is 11.6 Å². The Morgan fingerprint density at radius 2 is 1.79 bits per heavy atom. The van der Waals surface area contributed by atoms with E-state index in [2.05, 4.69) is 45.8 Å². The highest BCUT2D eigenvalue weighted by Gasteiger charge is 2.42. The summed E-state index contributed by atoms with van der Waals surface area (Å²) in [5, 5.41) is 0. The Labute approximate surface area is 167 Å². The normalized spacial score (nSPS) is 22.8. The Kier molecular flexibility index (Phi) is 5.04. The van der Waals surface area contributed by atoms with Gasteiger partial charge < -0.3 is 9.80 Å². The van der Waals surface area contributed by atoms with Gasteiger partial charge in [0.1, 0.15) is 0 Å². The van der Waals surface area contributed by atoms with Gasteiger partial charge in [-0.15, -0.1) is 0 Å². The van der Waals surface area contributed by atoms with Gasteiger partial charge in [0.25, 0.3) is 0 Å². The van der Waals surface area contributed by atoms with Crippen LogP contribution < -0.4 is 4.90 Å². The Bertz CT molecular complexity index is 845. The summed E-state index contributed by atoms with van der Waals surface area (Å²) in [5.74, 6) is 0.237. The molecule has 2 aromatic rings. The molecule has 2 saturated heterocycles. The number of pyridine rings is 1. The first kappa shape index (κ1) is 18.8. The second kappa shape index (κ2) is 7.49.